The topological polar surface area (TPSA) is 17.1 Å². The van der Waals surface area contributed by atoms with E-state index in [9.17, 15) is 4.79 Å². The third-order valence-electron chi connectivity index (χ3n) is 3.43. The lowest BCUT2D eigenvalue weighted by Crippen LogP contribution is -1.95. The van der Waals surface area contributed by atoms with Gasteiger partial charge in [0.1, 0.15) is 0 Å². The van der Waals surface area contributed by atoms with E-state index < -0.39 is 5.24 Å². The summed E-state index contributed by atoms with van der Waals surface area (Å²) in [6.45, 7) is 3.98. The summed E-state index contributed by atoms with van der Waals surface area (Å²) in [5.41, 5.74) is 0.586. The van der Waals surface area contributed by atoms with Crippen LogP contribution in [0.2, 0.25) is 0 Å². The van der Waals surface area contributed by atoms with Crippen molar-refractivity contribution in [3.63, 3.8) is 0 Å². The minimum atomic E-state index is -0.400. The molecule has 1 nitrogen and oxygen atoms in total. The van der Waals surface area contributed by atoms with E-state index in [1.807, 2.05) is 0 Å². The van der Waals surface area contributed by atoms with Crippen molar-refractivity contribution in [3.8, 4) is 0 Å². The Morgan fingerprint density at radius 3 is 1.58 bits per heavy atom. The van der Waals surface area contributed by atoms with Crippen molar-refractivity contribution in [2.45, 2.75) is 84.5 Å². The van der Waals surface area contributed by atoms with Crippen molar-refractivity contribution >= 4 is 28.4 Å². The van der Waals surface area contributed by atoms with Crippen LogP contribution in [0.1, 0.15) is 84.5 Å². The number of carbonyl (C=O) groups is 1. The van der Waals surface area contributed by atoms with Crippen LogP contribution >= 0.6 is 23.2 Å². The molecule has 0 radical (unpaired) electrons. The maximum Gasteiger partial charge on any atom is 0.249 e. The number of allylic oxidation sites excluding steroid dienone is 2. The summed E-state index contributed by atoms with van der Waals surface area (Å²) in [6, 6.07) is 0. The first-order valence-electron chi connectivity index (χ1n) is 7.64. The first-order valence-corrected chi connectivity index (χ1v) is 8.40. The van der Waals surface area contributed by atoms with Gasteiger partial charge in [-0.1, -0.05) is 76.3 Å². The summed E-state index contributed by atoms with van der Waals surface area (Å²) in [5.74, 6) is 0. The van der Waals surface area contributed by atoms with Crippen LogP contribution in [0.15, 0.2) is 10.6 Å². The molecule has 0 N–H and O–H groups in total. The highest BCUT2D eigenvalue weighted by molar-refractivity contribution is 6.68. The molecule has 112 valence electrons. The van der Waals surface area contributed by atoms with E-state index >= 15 is 0 Å². The highest BCUT2D eigenvalue weighted by Crippen LogP contribution is 2.19. The Hall–Kier alpha value is -0.0100. The fourth-order valence-electron chi connectivity index (χ4n) is 2.20. The van der Waals surface area contributed by atoms with Gasteiger partial charge >= 0.3 is 0 Å². The maximum absolute atomic E-state index is 11.1. The van der Waals surface area contributed by atoms with Gasteiger partial charge in [-0.2, -0.15) is 0 Å². The van der Waals surface area contributed by atoms with E-state index in [1.54, 1.807) is 6.92 Å². The molecule has 0 bridgehead atoms. The van der Waals surface area contributed by atoms with Gasteiger partial charge in [-0.25, -0.2) is 0 Å². The fraction of sp³-hybridized carbons (Fsp3) is 0.812. The number of hydrogen-bond donors (Lipinski definition) is 0. The highest BCUT2D eigenvalue weighted by atomic mass is 35.5. The van der Waals surface area contributed by atoms with Crippen molar-refractivity contribution in [1.29, 1.82) is 0 Å². The van der Waals surface area contributed by atoms with E-state index in [-0.39, 0.29) is 0 Å². The Morgan fingerprint density at radius 1 is 0.789 bits per heavy atom. The maximum atomic E-state index is 11.1. The smallest absolute Gasteiger partial charge is 0.249 e. The van der Waals surface area contributed by atoms with Crippen LogP contribution in [0.4, 0.5) is 0 Å². The van der Waals surface area contributed by atoms with Crippen LogP contribution in [0.3, 0.4) is 0 Å². The SMILES string of the molecule is CCCCCCCCCCCC/C(C(=O)Cl)=C(\C)Cl. The quantitative estimate of drug-likeness (QED) is 0.226. The third-order valence-corrected chi connectivity index (χ3v) is 3.89. The Balaban J connectivity index is 3.41. The van der Waals surface area contributed by atoms with E-state index in [2.05, 4.69) is 6.92 Å². The molecule has 0 saturated heterocycles. The number of hydrogen-bond acceptors (Lipinski definition) is 1. The molecule has 0 aliphatic heterocycles. The molecule has 0 saturated carbocycles. The van der Waals surface area contributed by atoms with Gasteiger partial charge in [0.05, 0.1) is 0 Å². The molecular weight excluding hydrogens is 279 g/mol. The lowest BCUT2D eigenvalue weighted by molar-refractivity contribution is -0.108. The number of halogens is 2. The lowest BCUT2D eigenvalue weighted by Gasteiger charge is -2.04. The van der Waals surface area contributed by atoms with Crippen LogP contribution in [0.25, 0.3) is 0 Å². The van der Waals surface area contributed by atoms with Crippen LogP contribution in [-0.4, -0.2) is 5.24 Å². The molecule has 0 rings (SSSR count). The van der Waals surface area contributed by atoms with Gasteiger partial charge in [-0.15, -0.1) is 0 Å². The molecule has 0 fully saturated rings. The van der Waals surface area contributed by atoms with Gasteiger partial charge in [0.15, 0.2) is 0 Å². The van der Waals surface area contributed by atoms with E-state index in [4.69, 9.17) is 23.2 Å². The van der Waals surface area contributed by atoms with Crippen LogP contribution < -0.4 is 0 Å². The summed E-state index contributed by atoms with van der Waals surface area (Å²) < 4.78 is 0. The van der Waals surface area contributed by atoms with E-state index in [0.29, 0.717) is 17.0 Å². The number of rotatable bonds is 12. The molecule has 0 aliphatic carbocycles. The molecule has 0 spiro atoms. The van der Waals surface area contributed by atoms with Gasteiger partial charge in [0, 0.05) is 10.6 Å². The van der Waals surface area contributed by atoms with Crippen molar-refractivity contribution < 1.29 is 4.79 Å². The lowest BCUT2D eigenvalue weighted by atomic mass is 10.0. The van der Waals surface area contributed by atoms with Gasteiger partial charge in [-0.3, -0.25) is 4.79 Å². The second kappa shape index (κ2) is 13.0. The molecule has 0 amide bonds. The second-order valence-corrected chi connectivity index (χ2v) is 6.13. The Morgan fingerprint density at radius 2 is 1.21 bits per heavy atom. The summed E-state index contributed by atoms with van der Waals surface area (Å²) in [6.07, 6.45) is 13.6. The molecule has 0 aromatic heterocycles. The van der Waals surface area contributed by atoms with Gasteiger partial charge in [0.25, 0.3) is 0 Å². The summed E-state index contributed by atoms with van der Waals surface area (Å²) in [5, 5.41) is 0.138. The van der Waals surface area contributed by atoms with Crippen LogP contribution in [-0.2, 0) is 4.79 Å². The van der Waals surface area contributed by atoms with Gasteiger partial charge in [-0.05, 0) is 31.4 Å². The number of carbonyl (C=O) groups excluding carboxylic acids is 1. The zero-order valence-electron chi connectivity index (χ0n) is 12.4. The molecule has 0 aromatic rings. The van der Waals surface area contributed by atoms with Crippen molar-refractivity contribution in [2.24, 2.45) is 0 Å². The normalized spacial score (nSPS) is 12.4. The standard InChI is InChI=1S/C16H28Cl2O/c1-3-4-5-6-7-8-9-10-11-12-13-15(14(2)17)16(18)19/h3-13H2,1-2H3/b15-14-. The summed E-state index contributed by atoms with van der Waals surface area (Å²) in [4.78, 5) is 11.1. The third kappa shape index (κ3) is 11.5. The molecule has 0 atom stereocenters. The molecule has 19 heavy (non-hydrogen) atoms. The average molecular weight is 307 g/mol. The molecule has 0 heterocycles. The van der Waals surface area contributed by atoms with Crippen LogP contribution in [0.5, 0.6) is 0 Å². The fourth-order valence-corrected chi connectivity index (χ4v) is 2.66. The van der Waals surface area contributed by atoms with E-state index in [0.717, 1.165) is 12.8 Å². The van der Waals surface area contributed by atoms with Gasteiger partial charge < -0.3 is 0 Å². The minimum absolute atomic E-state index is 0.400. The highest BCUT2D eigenvalue weighted by Gasteiger charge is 2.08. The zero-order chi connectivity index (χ0) is 14.5. The Labute approximate surface area is 128 Å². The molecule has 3 heteroatoms. The zero-order valence-corrected chi connectivity index (χ0v) is 14.0. The monoisotopic (exact) mass is 306 g/mol. The first-order chi connectivity index (χ1) is 9.09. The van der Waals surface area contributed by atoms with E-state index in [1.165, 1.54) is 51.4 Å². The predicted molar refractivity (Wildman–Crippen MR) is 85.9 cm³/mol. The summed E-state index contributed by atoms with van der Waals surface area (Å²) >= 11 is 11.3. The molecule has 0 unspecified atom stereocenters. The largest absolute Gasteiger partial charge is 0.276 e. The van der Waals surface area contributed by atoms with Gasteiger partial charge in [0.2, 0.25) is 5.24 Å². The minimum Gasteiger partial charge on any atom is -0.276 e. The van der Waals surface area contributed by atoms with Crippen LogP contribution in [0, 0.1) is 0 Å². The molecular formula is C16H28Cl2O. The second-order valence-electron chi connectivity index (χ2n) is 5.22. The molecule has 0 aromatic carbocycles. The van der Waals surface area contributed by atoms with Crippen molar-refractivity contribution in [1.82, 2.24) is 0 Å². The van der Waals surface area contributed by atoms with Crippen molar-refractivity contribution in [2.75, 3.05) is 0 Å². The van der Waals surface area contributed by atoms with Crippen molar-refractivity contribution in [3.05, 3.63) is 10.6 Å². The predicted octanol–water partition coefficient (Wildman–Crippen LogP) is 6.58. The molecule has 0 aliphatic rings. The number of unbranched alkanes of at least 4 members (excludes halogenated alkanes) is 9. The first kappa shape index (κ1) is 19.0. The average Bonchev–Trinajstić information content (AvgIpc) is 2.35. The Bertz CT molecular complexity index is 268. The summed E-state index contributed by atoms with van der Waals surface area (Å²) in [7, 11) is 0. The Kier molecular flexibility index (Phi) is 13.0.